The van der Waals surface area contributed by atoms with Gasteiger partial charge in [-0.2, -0.15) is 0 Å². The molecule has 8 nitrogen and oxygen atoms in total. The third kappa shape index (κ3) is 5.29. The van der Waals surface area contributed by atoms with Gasteiger partial charge in [-0.3, -0.25) is 4.79 Å². The normalized spacial score (nSPS) is 14.9. The second-order valence-electron chi connectivity index (χ2n) is 6.67. The second kappa shape index (κ2) is 9.47. The highest BCUT2D eigenvalue weighted by Crippen LogP contribution is 2.27. The van der Waals surface area contributed by atoms with Crippen LogP contribution in [0.2, 0.25) is 5.02 Å². The van der Waals surface area contributed by atoms with Crippen LogP contribution in [0.5, 0.6) is 5.75 Å². The number of hydrogen-bond acceptors (Lipinski definition) is 5. The van der Waals surface area contributed by atoms with E-state index in [0.717, 1.165) is 5.82 Å². The highest BCUT2D eigenvalue weighted by atomic mass is 35.5. The predicted octanol–water partition coefficient (Wildman–Crippen LogP) is 2.60. The minimum atomic E-state index is -0.697. The summed E-state index contributed by atoms with van der Waals surface area (Å²) in [5, 5.41) is 5.88. The van der Waals surface area contributed by atoms with Gasteiger partial charge in [-0.25, -0.2) is 9.78 Å². The van der Waals surface area contributed by atoms with Crippen molar-refractivity contribution in [1.82, 2.24) is 15.2 Å². The van der Waals surface area contributed by atoms with Crippen molar-refractivity contribution in [3.63, 3.8) is 0 Å². The number of aromatic nitrogens is 1. The fraction of sp³-hybridized carbons (Fsp3) is 0.350. The molecule has 2 aromatic rings. The zero-order valence-electron chi connectivity index (χ0n) is 16.4. The lowest BCUT2D eigenvalue weighted by atomic mass is 10.2. The molecule has 3 amide bonds. The number of hydrogen-bond donors (Lipinski definition) is 2. The number of carbonyl (C=O) groups is 2. The number of halogens is 1. The Morgan fingerprint density at radius 3 is 2.55 bits per heavy atom. The Balaban J connectivity index is 1.49. The van der Waals surface area contributed by atoms with E-state index in [1.165, 1.54) is 7.11 Å². The molecular weight excluding hydrogens is 394 g/mol. The number of benzene rings is 1. The van der Waals surface area contributed by atoms with Crippen molar-refractivity contribution >= 4 is 35.0 Å². The molecule has 2 N–H and O–H groups in total. The van der Waals surface area contributed by atoms with Gasteiger partial charge in [0.1, 0.15) is 17.6 Å². The quantitative estimate of drug-likeness (QED) is 0.780. The molecule has 9 heteroatoms. The summed E-state index contributed by atoms with van der Waals surface area (Å²) < 4.78 is 5.09. The largest absolute Gasteiger partial charge is 0.495 e. The van der Waals surface area contributed by atoms with Crippen LogP contribution in [0, 0.1) is 0 Å². The number of rotatable bonds is 5. The van der Waals surface area contributed by atoms with Crippen molar-refractivity contribution < 1.29 is 14.3 Å². The summed E-state index contributed by atoms with van der Waals surface area (Å²) in [5.41, 5.74) is 0.533. The molecule has 0 bridgehead atoms. The summed E-state index contributed by atoms with van der Waals surface area (Å²) in [5.74, 6) is 1.10. The van der Waals surface area contributed by atoms with Crippen LogP contribution in [0.25, 0.3) is 0 Å². The number of ether oxygens (including phenoxy) is 1. The molecule has 0 saturated carbocycles. The number of nitrogens with one attached hydrogen (secondary N) is 2. The summed E-state index contributed by atoms with van der Waals surface area (Å²) in [6.45, 7) is 4.14. The third-order valence-electron chi connectivity index (χ3n) is 4.69. The van der Waals surface area contributed by atoms with Crippen molar-refractivity contribution in [2.24, 2.45) is 0 Å². The lowest BCUT2D eigenvalue weighted by Gasteiger charge is -2.35. The van der Waals surface area contributed by atoms with Gasteiger partial charge in [0, 0.05) is 38.1 Å². The van der Waals surface area contributed by atoms with Gasteiger partial charge in [0.15, 0.2) is 0 Å². The van der Waals surface area contributed by atoms with Gasteiger partial charge in [0.2, 0.25) is 5.91 Å². The highest BCUT2D eigenvalue weighted by Gasteiger charge is 2.24. The predicted molar refractivity (Wildman–Crippen MR) is 113 cm³/mol. The van der Waals surface area contributed by atoms with Gasteiger partial charge >= 0.3 is 6.03 Å². The van der Waals surface area contributed by atoms with Crippen molar-refractivity contribution in [2.75, 3.05) is 43.5 Å². The number of carbonyl (C=O) groups excluding carboxylic acids is 2. The van der Waals surface area contributed by atoms with E-state index < -0.39 is 6.04 Å². The fourth-order valence-corrected chi connectivity index (χ4v) is 3.27. The van der Waals surface area contributed by atoms with Crippen LogP contribution < -0.4 is 20.3 Å². The molecule has 1 aliphatic heterocycles. The van der Waals surface area contributed by atoms with E-state index in [1.54, 1.807) is 36.2 Å². The average Bonchev–Trinajstić information content (AvgIpc) is 2.74. The number of urea groups is 1. The Kier molecular flexibility index (Phi) is 6.77. The zero-order chi connectivity index (χ0) is 20.8. The van der Waals surface area contributed by atoms with Crippen LogP contribution >= 0.6 is 11.6 Å². The van der Waals surface area contributed by atoms with Crippen LogP contribution in [0.4, 0.5) is 16.3 Å². The molecule has 1 unspecified atom stereocenters. The van der Waals surface area contributed by atoms with E-state index in [9.17, 15) is 9.59 Å². The van der Waals surface area contributed by atoms with Gasteiger partial charge in [-0.05, 0) is 37.3 Å². The standard InChI is InChI=1S/C20H24ClN5O3/c1-14(19(27)24-15-6-7-17(29-2)16(21)13-15)23-20(28)26-11-9-25(10-12-26)18-5-3-4-8-22-18/h3-8,13-14H,9-12H2,1-2H3,(H,23,28)(H,24,27). The van der Waals surface area contributed by atoms with Gasteiger partial charge in [-0.15, -0.1) is 0 Å². The smallest absolute Gasteiger partial charge is 0.318 e. The Morgan fingerprint density at radius 2 is 1.93 bits per heavy atom. The first-order valence-corrected chi connectivity index (χ1v) is 9.71. The van der Waals surface area contributed by atoms with E-state index >= 15 is 0 Å². The summed E-state index contributed by atoms with van der Waals surface area (Å²) in [6, 6.07) is 9.77. The number of piperazine rings is 1. The first kappa shape index (κ1) is 20.7. The fourth-order valence-electron chi connectivity index (χ4n) is 3.02. The first-order chi connectivity index (χ1) is 14.0. The number of methoxy groups -OCH3 is 1. The molecule has 2 heterocycles. The maximum atomic E-state index is 12.5. The number of nitrogens with zero attached hydrogens (tertiary/aromatic N) is 3. The summed E-state index contributed by atoms with van der Waals surface area (Å²) >= 11 is 6.07. The molecule has 29 heavy (non-hydrogen) atoms. The van der Waals surface area contributed by atoms with E-state index in [0.29, 0.717) is 42.6 Å². The van der Waals surface area contributed by atoms with Crippen LogP contribution in [-0.2, 0) is 4.79 Å². The number of amides is 3. The number of pyridine rings is 1. The van der Waals surface area contributed by atoms with Gasteiger partial charge in [-0.1, -0.05) is 17.7 Å². The molecule has 0 radical (unpaired) electrons. The monoisotopic (exact) mass is 417 g/mol. The van der Waals surface area contributed by atoms with Crippen LogP contribution in [0.1, 0.15) is 6.92 Å². The molecular formula is C20H24ClN5O3. The molecule has 1 atom stereocenters. The van der Waals surface area contributed by atoms with Crippen molar-refractivity contribution in [2.45, 2.75) is 13.0 Å². The van der Waals surface area contributed by atoms with Crippen LogP contribution in [-0.4, -0.2) is 61.2 Å². The Bertz CT molecular complexity index is 856. The third-order valence-corrected chi connectivity index (χ3v) is 4.99. The molecule has 154 valence electrons. The van der Waals surface area contributed by atoms with Crippen molar-refractivity contribution in [1.29, 1.82) is 0 Å². The second-order valence-corrected chi connectivity index (χ2v) is 7.08. The first-order valence-electron chi connectivity index (χ1n) is 9.33. The zero-order valence-corrected chi connectivity index (χ0v) is 17.1. The van der Waals surface area contributed by atoms with E-state index in [-0.39, 0.29) is 11.9 Å². The van der Waals surface area contributed by atoms with Crippen molar-refractivity contribution in [3.05, 3.63) is 47.6 Å². The van der Waals surface area contributed by atoms with Gasteiger partial charge in [0.05, 0.1) is 12.1 Å². The lowest BCUT2D eigenvalue weighted by molar-refractivity contribution is -0.117. The maximum Gasteiger partial charge on any atom is 0.318 e. The number of anilines is 2. The minimum Gasteiger partial charge on any atom is -0.495 e. The Hall–Kier alpha value is -3.00. The van der Waals surface area contributed by atoms with E-state index in [1.807, 2.05) is 18.2 Å². The average molecular weight is 418 g/mol. The van der Waals surface area contributed by atoms with Gasteiger partial charge < -0.3 is 25.2 Å². The summed E-state index contributed by atoms with van der Waals surface area (Å²) in [4.78, 5) is 33.1. The molecule has 1 aromatic heterocycles. The molecule has 0 aliphatic carbocycles. The lowest BCUT2D eigenvalue weighted by Crippen LogP contribution is -2.54. The topological polar surface area (TPSA) is 86.8 Å². The molecule has 1 aliphatic rings. The van der Waals surface area contributed by atoms with Gasteiger partial charge in [0.25, 0.3) is 0 Å². The molecule has 1 aromatic carbocycles. The van der Waals surface area contributed by atoms with Crippen LogP contribution in [0.3, 0.4) is 0 Å². The maximum absolute atomic E-state index is 12.5. The highest BCUT2D eigenvalue weighted by molar-refractivity contribution is 6.32. The molecule has 3 rings (SSSR count). The van der Waals surface area contributed by atoms with Crippen molar-refractivity contribution in [3.8, 4) is 5.75 Å². The minimum absolute atomic E-state index is 0.263. The molecule has 0 spiro atoms. The molecule has 1 fully saturated rings. The molecule has 1 saturated heterocycles. The summed E-state index contributed by atoms with van der Waals surface area (Å²) in [7, 11) is 1.52. The summed E-state index contributed by atoms with van der Waals surface area (Å²) in [6.07, 6.45) is 1.75. The van der Waals surface area contributed by atoms with E-state index in [4.69, 9.17) is 16.3 Å². The SMILES string of the molecule is COc1ccc(NC(=O)C(C)NC(=O)N2CCN(c3ccccn3)CC2)cc1Cl. The van der Waals surface area contributed by atoms with E-state index in [2.05, 4.69) is 20.5 Å². The Morgan fingerprint density at radius 1 is 1.17 bits per heavy atom. The van der Waals surface area contributed by atoms with Crippen LogP contribution in [0.15, 0.2) is 42.6 Å². The Labute approximate surface area is 174 Å².